The van der Waals surface area contributed by atoms with E-state index in [0.717, 1.165) is 54.6 Å². The normalized spacial score (nSPS) is 13.6. The number of carboxylic acid groups (broad SMARTS) is 1. The molecule has 4 aromatic rings. The molecule has 0 aliphatic heterocycles. The van der Waals surface area contributed by atoms with E-state index in [9.17, 15) is 9.90 Å². The fourth-order valence-corrected chi connectivity index (χ4v) is 4.84. The SMILES string of the molecule is O=C(O)C[C@@H](c1ccc(OCc2ccccc2)nc1)n1ccc(CCCc2ccc3c(n2)CCCC3)n1. The van der Waals surface area contributed by atoms with Crippen LogP contribution in [-0.2, 0) is 37.1 Å². The molecule has 190 valence electrons. The number of ether oxygens (including phenoxy) is 1. The van der Waals surface area contributed by atoms with Gasteiger partial charge in [0.05, 0.1) is 18.2 Å². The van der Waals surface area contributed by atoms with Crippen molar-refractivity contribution >= 4 is 5.97 Å². The van der Waals surface area contributed by atoms with Gasteiger partial charge in [-0.1, -0.05) is 36.4 Å². The minimum absolute atomic E-state index is 0.0773. The molecular weight excluding hydrogens is 464 g/mol. The van der Waals surface area contributed by atoms with Gasteiger partial charge in [-0.25, -0.2) is 4.98 Å². The summed E-state index contributed by atoms with van der Waals surface area (Å²) in [5.74, 6) is -0.386. The Morgan fingerprint density at radius 2 is 1.81 bits per heavy atom. The van der Waals surface area contributed by atoms with Crippen LogP contribution in [0.15, 0.2) is 73.1 Å². The molecule has 1 atom stereocenters. The molecule has 0 unspecified atom stereocenters. The molecule has 7 heteroatoms. The predicted octanol–water partition coefficient (Wildman–Crippen LogP) is 5.37. The monoisotopic (exact) mass is 496 g/mol. The minimum atomic E-state index is -0.884. The van der Waals surface area contributed by atoms with E-state index < -0.39 is 12.0 Å². The molecule has 1 aliphatic carbocycles. The molecule has 3 aromatic heterocycles. The van der Waals surface area contributed by atoms with Crippen LogP contribution in [0.4, 0.5) is 0 Å². The number of rotatable bonds is 11. The van der Waals surface area contributed by atoms with E-state index in [-0.39, 0.29) is 6.42 Å². The first-order valence-electron chi connectivity index (χ1n) is 13.0. The maximum absolute atomic E-state index is 11.6. The number of hydrogen-bond donors (Lipinski definition) is 1. The van der Waals surface area contributed by atoms with Crippen LogP contribution in [0.5, 0.6) is 5.88 Å². The van der Waals surface area contributed by atoms with Crippen molar-refractivity contribution in [3.05, 3.63) is 107 Å². The summed E-state index contributed by atoms with van der Waals surface area (Å²) in [5, 5.41) is 14.3. The molecule has 0 amide bonds. The molecule has 0 saturated heterocycles. The third-order valence-electron chi connectivity index (χ3n) is 6.83. The Bertz CT molecular complexity index is 1320. The van der Waals surface area contributed by atoms with Gasteiger partial charge in [-0.2, -0.15) is 5.10 Å². The highest BCUT2D eigenvalue weighted by atomic mass is 16.5. The van der Waals surface area contributed by atoms with Gasteiger partial charge in [0.1, 0.15) is 6.61 Å². The Morgan fingerprint density at radius 1 is 0.973 bits per heavy atom. The first-order valence-corrected chi connectivity index (χ1v) is 13.0. The molecule has 3 heterocycles. The zero-order chi connectivity index (χ0) is 25.5. The topological polar surface area (TPSA) is 90.1 Å². The van der Waals surface area contributed by atoms with Gasteiger partial charge in [-0.05, 0) is 79.8 Å². The van der Waals surface area contributed by atoms with Gasteiger partial charge in [-0.15, -0.1) is 0 Å². The molecule has 0 saturated carbocycles. The Kier molecular flexibility index (Phi) is 7.89. The molecule has 0 bridgehead atoms. The first kappa shape index (κ1) is 24.7. The number of benzene rings is 1. The summed E-state index contributed by atoms with van der Waals surface area (Å²) in [6, 6.07) is 19.5. The van der Waals surface area contributed by atoms with Gasteiger partial charge < -0.3 is 9.84 Å². The predicted molar refractivity (Wildman–Crippen MR) is 141 cm³/mol. The maximum atomic E-state index is 11.6. The van der Waals surface area contributed by atoms with Crippen LogP contribution >= 0.6 is 0 Å². The van der Waals surface area contributed by atoms with Crippen molar-refractivity contribution < 1.29 is 14.6 Å². The summed E-state index contributed by atoms with van der Waals surface area (Å²) in [5.41, 5.74) is 6.61. The zero-order valence-electron chi connectivity index (χ0n) is 20.9. The highest BCUT2D eigenvalue weighted by molar-refractivity contribution is 5.68. The lowest BCUT2D eigenvalue weighted by Gasteiger charge is -2.16. The van der Waals surface area contributed by atoms with Crippen molar-refractivity contribution in [2.24, 2.45) is 0 Å². The average molecular weight is 497 g/mol. The molecule has 7 nitrogen and oxygen atoms in total. The quantitative estimate of drug-likeness (QED) is 0.300. The molecule has 1 aliphatic rings. The molecule has 0 radical (unpaired) electrons. The van der Waals surface area contributed by atoms with E-state index in [1.54, 1.807) is 16.9 Å². The summed E-state index contributed by atoms with van der Waals surface area (Å²) in [6.45, 7) is 0.426. The maximum Gasteiger partial charge on any atom is 0.305 e. The van der Waals surface area contributed by atoms with Crippen LogP contribution in [0.3, 0.4) is 0 Å². The lowest BCUT2D eigenvalue weighted by atomic mass is 9.95. The highest BCUT2D eigenvalue weighted by Gasteiger charge is 2.20. The van der Waals surface area contributed by atoms with Crippen LogP contribution in [-0.4, -0.2) is 30.8 Å². The number of aryl methyl sites for hydroxylation is 4. The largest absolute Gasteiger partial charge is 0.481 e. The van der Waals surface area contributed by atoms with Crippen LogP contribution in [0.25, 0.3) is 0 Å². The number of pyridine rings is 2. The summed E-state index contributed by atoms with van der Waals surface area (Å²) >= 11 is 0. The van der Waals surface area contributed by atoms with Gasteiger partial charge in [0.15, 0.2) is 0 Å². The Labute approximate surface area is 217 Å². The Hall–Kier alpha value is -4.00. The third-order valence-corrected chi connectivity index (χ3v) is 6.83. The second-order valence-electron chi connectivity index (χ2n) is 9.57. The smallest absolute Gasteiger partial charge is 0.305 e. The van der Waals surface area contributed by atoms with E-state index in [1.165, 1.54) is 24.1 Å². The molecule has 1 aromatic carbocycles. The van der Waals surface area contributed by atoms with Crippen molar-refractivity contribution in [2.75, 3.05) is 0 Å². The van der Waals surface area contributed by atoms with E-state index in [1.807, 2.05) is 48.7 Å². The number of nitrogens with zero attached hydrogens (tertiary/aromatic N) is 4. The number of carboxylic acids is 1. The average Bonchev–Trinajstić information content (AvgIpc) is 3.40. The summed E-state index contributed by atoms with van der Waals surface area (Å²) in [4.78, 5) is 20.9. The molecule has 1 N–H and O–H groups in total. The third kappa shape index (κ3) is 6.61. The van der Waals surface area contributed by atoms with Crippen LogP contribution in [0.1, 0.15) is 65.5 Å². The Balaban J connectivity index is 1.20. The minimum Gasteiger partial charge on any atom is -0.481 e. The van der Waals surface area contributed by atoms with Crippen molar-refractivity contribution in [1.82, 2.24) is 19.7 Å². The number of fused-ring (bicyclic) bond motifs is 1. The lowest BCUT2D eigenvalue weighted by molar-refractivity contribution is -0.137. The highest BCUT2D eigenvalue weighted by Crippen LogP contribution is 2.24. The summed E-state index contributed by atoms with van der Waals surface area (Å²) in [6.07, 6.45) is 10.9. The Morgan fingerprint density at radius 3 is 2.62 bits per heavy atom. The van der Waals surface area contributed by atoms with Gasteiger partial charge in [0, 0.05) is 29.8 Å². The number of carbonyl (C=O) groups is 1. The standard InChI is InChI=1S/C30H32N4O3/c35-30(36)19-28(24-14-16-29(31-20-24)37-21-22-7-2-1-3-8-22)34-18-17-26(33-34)11-6-10-25-15-13-23-9-4-5-12-27(23)32-25/h1-3,7-8,13-18,20,28H,4-6,9-12,19,21H2,(H,35,36)/t28-/m0/s1. The van der Waals surface area contributed by atoms with Crippen LogP contribution in [0.2, 0.25) is 0 Å². The van der Waals surface area contributed by atoms with Crippen molar-refractivity contribution in [1.29, 1.82) is 0 Å². The van der Waals surface area contributed by atoms with Crippen LogP contribution < -0.4 is 4.74 Å². The van der Waals surface area contributed by atoms with E-state index in [2.05, 4.69) is 17.1 Å². The van der Waals surface area contributed by atoms with Gasteiger partial charge in [0.2, 0.25) is 5.88 Å². The van der Waals surface area contributed by atoms with Gasteiger partial charge >= 0.3 is 5.97 Å². The number of aliphatic carboxylic acids is 1. The van der Waals surface area contributed by atoms with E-state index >= 15 is 0 Å². The van der Waals surface area contributed by atoms with Crippen LogP contribution in [0, 0.1) is 0 Å². The van der Waals surface area contributed by atoms with Crippen molar-refractivity contribution in [3.63, 3.8) is 0 Å². The summed E-state index contributed by atoms with van der Waals surface area (Å²) in [7, 11) is 0. The first-order chi connectivity index (χ1) is 18.1. The zero-order valence-corrected chi connectivity index (χ0v) is 20.9. The molecule has 37 heavy (non-hydrogen) atoms. The number of aromatic nitrogens is 4. The van der Waals surface area contributed by atoms with E-state index in [4.69, 9.17) is 14.8 Å². The summed E-state index contributed by atoms with van der Waals surface area (Å²) < 4.78 is 7.51. The van der Waals surface area contributed by atoms with Crippen molar-refractivity contribution in [3.8, 4) is 5.88 Å². The lowest BCUT2D eigenvalue weighted by Crippen LogP contribution is -2.16. The molecule has 0 spiro atoms. The second kappa shape index (κ2) is 11.8. The number of hydrogen-bond acceptors (Lipinski definition) is 5. The molecular formula is C30H32N4O3. The fourth-order valence-electron chi connectivity index (χ4n) is 4.84. The van der Waals surface area contributed by atoms with Gasteiger partial charge in [0.25, 0.3) is 0 Å². The molecule has 0 fully saturated rings. The van der Waals surface area contributed by atoms with Crippen molar-refractivity contribution in [2.45, 2.75) is 64.0 Å². The fraction of sp³-hybridized carbons (Fsp3) is 0.333. The van der Waals surface area contributed by atoms with E-state index in [0.29, 0.717) is 12.5 Å². The van der Waals surface area contributed by atoms with Gasteiger partial charge in [-0.3, -0.25) is 14.5 Å². The second-order valence-corrected chi connectivity index (χ2v) is 9.57. The molecule has 5 rings (SSSR count).